The van der Waals surface area contributed by atoms with Crippen LogP contribution in [0.25, 0.3) is 0 Å². The summed E-state index contributed by atoms with van der Waals surface area (Å²) in [5.74, 6) is -0.238. The number of nitrogens with zero attached hydrogens (tertiary/aromatic N) is 1. The van der Waals surface area contributed by atoms with Gasteiger partial charge in [-0.15, -0.1) is 0 Å². The Morgan fingerprint density at radius 3 is 2.62 bits per heavy atom. The molecule has 1 aromatic heterocycles. The normalized spacial score (nSPS) is 15.0. The van der Waals surface area contributed by atoms with Gasteiger partial charge in [-0.25, -0.2) is 4.79 Å². The van der Waals surface area contributed by atoms with Gasteiger partial charge in [0, 0.05) is 12.7 Å². The van der Waals surface area contributed by atoms with Gasteiger partial charge in [0.2, 0.25) is 0 Å². The number of benzene rings is 1. The summed E-state index contributed by atoms with van der Waals surface area (Å²) in [5, 5.41) is 15.3. The molecular weight excluding hydrogens is 358 g/mol. The van der Waals surface area contributed by atoms with E-state index in [1.807, 2.05) is 0 Å². The highest BCUT2D eigenvalue weighted by atomic mass is 35.5. The molecule has 0 spiro atoms. The average molecular weight is 378 g/mol. The smallest absolute Gasteiger partial charge is 0.322 e. The van der Waals surface area contributed by atoms with E-state index in [2.05, 4.69) is 10.6 Å². The van der Waals surface area contributed by atoms with Gasteiger partial charge in [0.15, 0.2) is 5.76 Å². The van der Waals surface area contributed by atoms with E-state index in [9.17, 15) is 14.7 Å². The first kappa shape index (κ1) is 18.3. The number of furan rings is 1. The van der Waals surface area contributed by atoms with Crippen molar-refractivity contribution in [2.24, 2.45) is 0 Å². The summed E-state index contributed by atoms with van der Waals surface area (Å²) in [5.41, 5.74) is 0.422. The minimum atomic E-state index is -0.481. The number of halogens is 1. The lowest BCUT2D eigenvalue weighted by molar-refractivity contribution is 0.0153. The molecule has 3 rings (SSSR count). The molecule has 0 radical (unpaired) electrons. The van der Waals surface area contributed by atoms with E-state index in [1.54, 1.807) is 37.4 Å². The molecule has 3 N–H and O–H groups in total. The number of amides is 3. The molecule has 7 nitrogen and oxygen atoms in total. The largest absolute Gasteiger partial charge is 0.459 e. The van der Waals surface area contributed by atoms with Crippen molar-refractivity contribution in [3.05, 3.63) is 47.4 Å². The van der Waals surface area contributed by atoms with Crippen LogP contribution in [0, 0.1) is 0 Å². The molecule has 0 atom stereocenters. The van der Waals surface area contributed by atoms with E-state index in [-0.39, 0.29) is 23.4 Å². The van der Waals surface area contributed by atoms with E-state index in [4.69, 9.17) is 16.0 Å². The van der Waals surface area contributed by atoms with Crippen LogP contribution in [0.4, 0.5) is 16.2 Å². The van der Waals surface area contributed by atoms with Gasteiger partial charge in [0.25, 0.3) is 5.91 Å². The second kappa shape index (κ2) is 7.39. The molecule has 2 aromatic rings. The van der Waals surface area contributed by atoms with Gasteiger partial charge in [-0.3, -0.25) is 4.79 Å². The molecule has 0 aliphatic heterocycles. The Hall–Kier alpha value is -2.51. The Labute approximate surface area is 155 Å². The SMILES string of the molecule is CN(C(=O)Nc1ccc(NC(=O)c2ccco2)c(Cl)c1)C1(CO)CCC1. The summed E-state index contributed by atoms with van der Waals surface area (Å²) in [6.07, 6.45) is 3.97. The van der Waals surface area contributed by atoms with Crippen LogP contribution in [0.1, 0.15) is 29.8 Å². The lowest BCUT2D eigenvalue weighted by Crippen LogP contribution is -2.57. The Morgan fingerprint density at radius 2 is 2.08 bits per heavy atom. The van der Waals surface area contributed by atoms with Crippen LogP contribution in [-0.4, -0.2) is 41.1 Å². The molecule has 8 heteroatoms. The number of aliphatic hydroxyl groups is 1. The quantitative estimate of drug-likeness (QED) is 0.742. The number of carbonyl (C=O) groups is 2. The monoisotopic (exact) mass is 377 g/mol. The van der Waals surface area contributed by atoms with Crippen molar-refractivity contribution in [1.29, 1.82) is 0 Å². The van der Waals surface area contributed by atoms with Crippen molar-refractivity contribution >= 4 is 34.9 Å². The molecule has 0 saturated heterocycles. The predicted molar refractivity (Wildman–Crippen MR) is 98.6 cm³/mol. The molecule has 138 valence electrons. The van der Waals surface area contributed by atoms with Gasteiger partial charge in [-0.1, -0.05) is 11.6 Å². The summed E-state index contributed by atoms with van der Waals surface area (Å²) in [6, 6.07) is 7.64. The number of nitrogens with one attached hydrogen (secondary N) is 2. The second-order valence-corrected chi connectivity index (χ2v) is 6.76. The van der Waals surface area contributed by atoms with Crippen LogP contribution in [0.3, 0.4) is 0 Å². The van der Waals surface area contributed by atoms with Crippen LogP contribution in [0.2, 0.25) is 5.02 Å². The molecule has 1 saturated carbocycles. The number of rotatable bonds is 5. The van der Waals surface area contributed by atoms with E-state index < -0.39 is 11.4 Å². The van der Waals surface area contributed by atoms with E-state index in [0.29, 0.717) is 11.4 Å². The number of anilines is 2. The fourth-order valence-corrected chi connectivity index (χ4v) is 3.12. The van der Waals surface area contributed by atoms with E-state index >= 15 is 0 Å². The maximum Gasteiger partial charge on any atom is 0.322 e. The maximum atomic E-state index is 12.4. The van der Waals surface area contributed by atoms with Crippen LogP contribution >= 0.6 is 11.6 Å². The second-order valence-electron chi connectivity index (χ2n) is 6.35. The van der Waals surface area contributed by atoms with Crippen molar-refractivity contribution in [2.75, 3.05) is 24.3 Å². The van der Waals surface area contributed by atoms with Crippen LogP contribution in [-0.2, 0) is 0 Å². The highest BCUT2D eigenvalue weighted by Gasteiger charge is 2.42. The molecule has 3 amide bonds. The van der Waals surface area contributed by atoms with E-state index in [0.717, 1.165) is 19.3 Å². The summed E-state index contributed by atoms with van der Waals surface area (Å²) in [7, 11) is 1.67. The summed E-state index contributed by atoms with van der Waals surface area (Å²) in [4.78, 5) is 26.0. The molecular formula is C18H20ClN3O4. The third kappa shape index (κ3) is 3.54. The number of aliphatic hydroxyl groups excluding tert-OH is 1. The highest BCUT2D eigenvalue weighted by molar-refractivity contribution is 6.34. The Morgan fingerprint density at radius 1 is 1.31 bits per heavy atom. The molecule has 1 fully saturated rings. The predicted octanol–water partition coefficient (Wildman–Crippen LogP) is 3.56. The topological polar surface area (TPSA) is 94.8 Å². The number of urea groups is 1. The molecule has 1 aliphatic carbocycles. The third-order valence-corrected chi connectivity index (χ3v) is 5.12. The Balaban J connectivity index is 1.65. The van der Waals surface area contributed by atoms with Crippen molar-refractivity contribution in [3.63, 3.8) is 0 Å². The van der Waals surface area contributed by atoms with Gasteiger partial charge in [0.1, 0.15) is 0 Å². The fraction of sp³-hybridized carbons (Fsp3) is 0.333. The number of likely N-dealkylation sites (N-methyl/N-ethyl adjacent to an activating group) is 1. The fourth-order valence-electron chi connectivity index (χ4n) is 2.89. The first-order valence-electron chi connectivity index (χ1n) is 8.25. The molecule has 1 aromatic carbocycles. The summed E-state index contributed by atoms with van der Waals surface area (Å²) < 4.78 is 5.03. The summed E-state index contributed by atoms with van der Waals surface area (Å²) in [6.45, 7) is -0.0601. The lowest BCUT2D eigenvalue weighted by atomic mass is 9.76. The van der Waals surface area contributed by atoms with Gasteiger partial charge in [-0.05, 0) is 49.6 Å². The minimum Gasteiger partial charge on any atom is -0.459 e. The molecule has 0 unspecified atom stereocenters. The van der Waals surface area contributed by atoms with Gasteiger partial charge in [-0.2, -0.15) is 0 Å². The zero-order chi connectivity index (χ0) is 18.7. The lowest BCUT2D eigenvalue weighted by Gasteiger charge is -2.47. The van der Waals surface area contributed by atoms with Crippen LogP contribution in [0.15, 0.2) is 41.0 Å². The average Bonchev–Trinajstić information content (AvgIpc) is 3.11. The van der Waals surface area contributed by atoms with Crippen LogP contribution in [0.5, 0.6) is 0 Å². The van der Waals surface area contributed by atoms with Crippen molar-refractivity contribution in [1.82, 2.24) is 4.90 Å². The zero-order valence-electron chi connectivity index (χ0n) is 14.3. The van der Waals surface area contributed by atoms with Gasteiger partial charge in [0.05, 0.1) is 29.1 Å². The van der Waals surface area contributed by atoms with Crippen molar-refractivity contribution in [2.45, 2.75) is 24.8 Å². The first-order valence-corrected chi connectivity index (χ1v) is 8.63. The number of hydrogen-bond donors (Lipinski definition) is 3. The standard InChI is InChI=1S/C18H20ClN3O4/c1-22(18(11-23)7-3-8-18)17(25)20-12-5-6-14(13(19)10-12)21-16(24)15-4-2-9-26-15/h2,4-6,9-10,23H,3,7-8,11H2,1H3,(H,20,25)(H,21,24). The Kier molecular flexibility index (Phi) is 5.20. The minimum absolute atomic E-state index is 0.0601. The van der Waals surface area contributed by atoms with Crippen molar-refractivity contribution in [3.8, 4) is 0 Å². The molecule has 1 aliphatic rings. The van der Waals surface area contributed by atoms with E-state index in [1.165, 1.54) is 11.2 Å². The molecule has 26 heavy (non-hydrogen) atoms. The summed E-state index contributed by atoms with van der Waals surface area (Å²) >= 11 is 6.20. The zero-order valence-corrected chi connectivity index (χ0v) is 15.0. The molecule has 1 heterocycles. The number of carbonyl (C=O) groups excluding carboxylic acids is 2. The molecule has 0 bridgehead atoms. The highest BCUT2D eigenvalue weighted by Crippen LogP contribution is 2.37. The van der Waals surface area contributed by atoms with Gasteiger partial charge >= 0.3 is 6.03 Å². The Bertz CT molecular complexity index is 797. The van der Waals surface area contributed by atoms with Crippen molar-refractivity contribution < 1.29 is 19.1 Å². The van der Waals surface area contributed by atoms with Crippen LogP contribution < -0.4 is 10.6 Å². The third-order valence-electron chi connectivity index (χ3n) is 4.81. The number of hydrogen-bond acceptors (Lipinski definition) is 4. The first-order chi connectivity index (χ1) is 12.4. The van der Waals surface area contributed by atoms with Gasteiger partial charge < -0.3 is 25.1 Å². The maximum absolute atomic E-state index is 12.4.